The van der Waals surface area contributed by atoms with Gasteiger partial charge in [0.1, 0.15) is 0 Å². The summed E-state index contributed by atoms with van der Waals surface area (Å²) in [7, 11) is -1.38. The Morgan fingerprint density at radius 1 is 1.44 bits per heavy atom. The van der Waals surface area contributed by atoms with Crippen molar-refractivity contribution in [1.82, 2.24) is 4.90 Å². The van der Waals surface area contributed by atoms with Gasteiger partial charge in [-0.1, -0.05) is 22.0 Å². The van der Waals surface area contributed by atoms with E-state index in [9.17, 15) is 8.42 Å². The van der Waals surface area contributed by atoms with Crippen LogP contribution in [0.1, 0.15) is 11.1 Å². The minimum Gasteiger partial charge on any atom is -0.296 e. The van der Waals surface area contributed by atoms with E-state index in [1.165, 1.54) is 11.1 Å². The number of fused-ring (bicyclic) bond motifs is 1. The van der Waals surface area contributed by atoms with Crippen LogP contribution in [0.4, 0.5) is 0 Å². The van der Waals surface area contributed by atoms with Crippen LogP contribution in [0.15, 0.2) is 22.7 Å². The topological polar surface area (TPSA) is 46.6 Å². The first-order chi connectivity index (χ1) is 8.35. The lowest BCUT2D eigenvalue weighted by Crippen LogP contribution is -2.41. The standard InChI is InChI=1S/C12H16BrNO3S/c1-14-7-9-3-4-11(13)5-10(9)6-12(14)8-17-18(2,15)16/h3-5,12H,6-8H2,1-2H3/t12-/m1/s1. The summed E-state index contributed by atoms with van der Waals surface area (Å²) >= 11 is 3.46. The highest BCUT2D eigenvalue weighted by Crippen LogP contribution is 2.25. The van der Waals surface area contributed by atoms with Gasteiger partial charge in [0.05, 0.1) is 12.9 Å². The second kappa shape index (κ2) is 5.28. The molecule has 0 amide bonds. The molecule has 0 radical (unpaired) electrons. The van der Waals surface area contributed by atoms with Crippen molar-refractivity contribution in [3.8, 4) is 0 Å². The van der Waals surface area contributed by atoms with Crippen molar-refractivity contribution in [1.29, 1.82) is 0 Å². The molecule has 0 aliphatic carbocycles. The molecule has 1 heterocycles. The van der Waals surface area contributed by atoms with E-state index in [1.54, 1.807) is 0 Å². The molecular weight excluding hydrogens is 318 g/mol. The van der Waals surface area contributed by atoms with Gasteiger partial charge >= 0.3 is 0 Å². The van der Waals surface area contributed by atoms with E-state index >= 15 is 0 Å². The quantitative estimate of drug-likeness (QED) is 0.791. The Morgan fingerprint density at radius 3 is 2.83 bits per heavy atom. The van der Waals surface area contributed by atoms with Crippen LogP contribution in [-0.2, 0) is 27.3 Å². The van der Waals surface area contributed by atoms with Gasteiger partial charge in [0, 0.05) is 17.1 Å². The van der Waals surface area contributed by atoms with Crippen LogP contribution in [-0.4, -0.2) is 39.3 Å². The Labute approximate surface area is 116 Å². The molecule has 0 unspecified atom stereocenters. The molecule has 0 N–H and O–H groups in total. The van der Waals surface area contributed by atoms with E-state index in [0.717, 1.165) is 23.7 Å². The van der Waals surface area contributed by atoms with Crippen molar-refractivity contribution in [2.75, 3.05) is 19.9 Å². The van der Waals surface area contributed by atoms with Crippen molar-refractivity contribution in [3.63, 3.8) is 0 Å². The van der Waals surface area contributed by atoms with Gasteiger partial charge in [0.2, 0.25) is 0 Å². The highest BCUT2D eigenvalue weighted by molar-refractivity contribution is 9.10. The van der Waals surface area contributed by atoms with Crippen LogP contribution in [0.3, 0.4) is 0 Å². The Kier molecular flexibility index (Phi) is 4.11. The van der Waals surface area contributed by atoms with Crippen LogP contribution in [0, 0.1) is 0 Å². The van der Waals surface area contributed by atoms with E-state index in [2.05, 4.69) is 33.0 Å². The minimum absolute atomic E-state index is 0.0986. The van der Waals surface area contributed by atoms with Gasteiger partial charge in [-0.3, -0.25) is 9.08 Å². The molecular formula is C12H16BrNO3S. The molecule has 0 fully saturated rings. The number of hydrogen-bond donors (Lipinski definition) is 0. The number of halogens is 1. The van der Waals surface area contributed by atoms with Crippen LogP contribution in [0.25, 0.3) is 0 Å². The first-order valence-corrected chi connectivity index (χ1v) is 8.28. The molecule has 1 aromatic carbocycles. The maximum atomic E-state index is 11.0. The Balaban J connectivity index is 2.12. The molecule has 4 nitrogen and oxygen atoms in total. The summed E-state index contributed by atoms with van der Waals surface area (Å²) in [5, 5.41) is 0. The van der Waals surface area contributed by atoms with Crippen LogP contribution >= 0.6 is 15.9 Å². The zero-order valence-corrected chi connectivity index (χ0v) is 12.8. The number of nitrogens with zero attached hydrogens (tertiary/aromatic N) is 1. The molecule has 0 saturated carbocycles. The first kappa shape index (κ1) is 14.0. The van der Waals surface area contributed by atoms with Crippen LogP contribution < -0.4 is 0 Å². The fraction of sp³-hybridized carbons (Fsp3) is 0.500. The molecule has 1 aliphatic rings. The zero-order chi connectivity index (χ0) is 13.3. The van der Waals surface area contributed by atoms with Gasteiger partial charge in [-0.25, -0.2) is 0 Å². The average Bonchev–Trinajstić information content (AvgIpc) is 2.26. The molecule has 100 valence electrons. The van der Waals surface area contributed by atoms with Gasteiger partial charge in [-0.05, 0) is 36.7 Å². The SMILES string of the molecule is CN1Cc2ccc(Br)cc2C[C@@H]1COS(C)(=O)=O. The predicted molar refractivity (Wildman–Crippen MR) is 73.9 cm³/mol. The number of rotatable bonds is 3. The molecule has 0 saturated heterocycles. The van der Waals surface area contributed by atoms with Crippen molar-refractivity contribution in [3.05, 3.63) is 33.8 Å². The highest BCUT2D eigenvalue weighted by Gasteiger charge is 2.24. The lowest BCUT2D eigenvalue weighted by Gasteiger charge is -2.33. The van der Waals surface area contributed by atoms with Crippen molar-refractivity contribution in [2.45, 2.75) is 19.0 Å². The summed E-state index contributed by atoms with van der Waals surface area (Å²) in [6, 6.07) is 6.32. The average molecular weight is 334 g/mol. The smallest absolute Gasteiger partial charge is 0.264 e. The van der Waals surface area contributed by atoms with Crippen LogP contribution in [0.5, 0.6) is 0 Å². The van der Waals surface area contributed by atoms with Gasteiger partial charge in [-0.15, -0.1) is 0 Å². The Morgan fingerprint density at radius 2 is 2.17 bits per heavy atom. The molecule has 18 heavy (non-hydrogen) atoms. The second-order valence-electron chi connectivity index (χ2n) is 4.67. The van der Waals surface area contributed by atoms with Gasteiger partial charge in [0.15, 0.2) is 0 Å². The monoisotopic (exact) mass is 333 g/mol. The van der Waals surface area contributed by atoms with E-state index in [-0.39, 0.29) is 12.6 Å². The molecule has 1 atom stereocenters. The maximum Gasteiger partial charge on any atom is 0.264 e. The van der Waals surface area contributed by atoms with E-state index in [0.29, 0.717) is 0 Å². The summed E-state index contributed by atoms with van der Waals surface area (Å²) in [4.78, 5) is 2.13. The summed E-state index contributed by atoms with van der Waals surface area (Å²) in [6.07, 6.45) is 1.89. The Hall–Kier alpha value is -0.430. The third kappa shape index (κ3) is 3.54. The summed E-state index contributed by atoms with van der Waals surface area (Å²) in [5.74, 6) is 0. The van der Waals surface area contributed by atoms with Gasteiger partial charge in [0.25, 0.3) is 10.1 Å². The minimum atomic E-state index is -3.37. The lowest BCUT2D eigenvalue weighted by atomic mass is 9.95. The molecule has 0 bridgehead atoms. The summed E-state index contributed by atoms with van der Waals surface area (Å²) in [6.45, 7) is 1.03. The molecule has 1 aromatic rings. The van der Waals surface area contributed by atoms with E-state index in [1.807, 2.05) is 13.1 Å². The largest absolute Gasteiger partial charge is 0.296 e. The van der Waals surface area contributed by atoms with Crippen LogP contribution in [0.2, 0.25) is 0 Å². The maximum absolute atomic E-state index is 11.0. The molecule has 0 spiro atoms. The summed E-state index contributed by atoms with van der Waals surface area (Å²) in [5.41, 5.74) is 2.54. The van der Waals surface area contributed by atoms with Gasteiger partial charge in [-0.2, -0.15) is 8.42 Å². The second-order valence-corrected chi connectivity index (χ2v) is 7.23. The van der Waals surface area contributed by atoms with E-state index < -0.39 is 10.1 Å². The predicted octanol–water partition coefficient (Wildman–Crippen LogP) is 1.78. The Bertz CT molecular complexity index is 544. The highest BCUT2D eigenvalue weighted by atomic mass is 79.9. The fourth-order valence-corrected chi connectivity index (χ4v) is 2.95. The third-order valence-electron chi connectivity index (χ3n) is 3.14. The first-order valence-electron chi connectivity index (χ1n) is 5.67. The molecule has 6 heteroatoms. The molecule has 1 aliphatic heterocycles. The van der Waals surface area contributed by atoms with Gasteiger partial charge < -0.3 is 0 Å². The number of hydrogen-bond acceptors (Lipinski definition) is 4. The number of benzene rings is 1. The lowest BCUT2D eigenvalue weighted by molar-refractivity contribution is 0.148. The van der Waals surface area contributed by atoms with Crippen molar-refractivity contribution < 1.29 is 12.6 Å². The van der Waals surface area contributed by atoms with Crippen molar-refractivity contribution in [2.24, 2.45) is 0 Å². The van der Waals surface area contributed by atoms with Crippen molar-refractivity contribution >= 4 is 26.0 Å². The summed E-state index contributed by atoms with van der Waals surface area (Å²) < 4.78 is 28.0. The third-order valence-corrected chi connectivity index (χ3v) is 4.20. The number of likely N-dealkylation sites (N-methyl/N-ethyl adjacent to an activating group) is 1. The van der Waals surface area contributed by atoms with E-state index in [4.69, 9.17) is 4.18 Å². The normalized spacial score (nSPS) is 20.7. The molecule has 2 rings (SSSR count). The fourth-order valence-electron chi connectivity index (χ4n) is 2.13. The zero-order valence-electron chi connectivity index (χ0n) is 10.4. The molecule has 0 aromatic heterocycles.